The number of allylic oxidation sites excluding steroid dienone is 7. The highest BCUT2D eigenvalue weighted by atomic mass is 16.3. The van der Waals surface area contributed by atoms with E-state index < -0.39 is 0 Å². The molecule has 54 heavy (non-hydrogen) atoms. The molecule has 0 amide bonds. The molecule has 2 nitrogen and oxygen atoms in total. The third-order valence-corrected chi connectivity index (χ3v) is 12.3. The summed E-state index contributed by atoms with van der Waals surface area (Å²) in [6.45, 7) is 0. The summed E-state index contributed by atoms with van der Waals surface area (Å²) < 4.78 is 0. The van der Waals surface area contributed by atoms with Gasteiger partial charge in [0.15, 0.2) is 0 Å². The molecule has 0 spiro atoms. The molecule has 1 atom stereocenters. The van der Waals surface area contributed by atoms with Gasteiger partial charge in [-0.3, -0.25) is 0 Å². The number of phenolic OH excluding ortho intramolecular Hbond substituents is 2. The SMILES string of the molecule is Oc1c(-c2ccc3c4c2CC=C2C=CC=C(C=C3)C24)cc2ccccc2c1-c1c(O)c(-c2ccc3ccc4cccc5ccc2c3c45)cc2ccccc12. The van der Waals surface area contributed by atoms with E-state index in [0.29, 0.717) is 11.1 Å². The van der Waals surface area contributed by atoms with Crippen molar-refractivity contribution in [1.29, 1.82) is 0 Å². The fourth-order valence-electron chi connectivity index (χ4n) is 9.93. The predicted molar refractivity (Wildman–Crippen MR) is 226 cm³/mol. The van der Waals surface area contributed by atoms with E-state index in [-0.39, 0.29) is 17.4 Å². The fourth-order valence-corrected chi connectivity index (χ4v) is 9.93. The number of hydrogen-bond acceptors (Lipinski definition) is 2. The van der Waals surface area contributed by atoms with Crippen molar-refractivity contribution >= 4 is 59.9 Å². The van der Waals surface area contributed by atoms with Crippen LogP contribution in [-0.2, 0) is 6.42 Å². The second-order valence-electron chi connectivity index (χ2n) is 15.0. The third kappa shape index (κ3) is 3.95. The van der Waals surface area contributed by atoms with Crippen molar-refractivity contribution in [2.45, 2.75) is 12.3 Å². The maximum atomic E-state index is 12.8. The molecule has 252 valence electrons. The highest BCUT2D eigenvalue weighted by Gasteiger charge is 2.33. The summed E-state index contributed by atoms with van der Waals surface area (Å²) in [5, 5.41) is 36.5. The standard InChI is InChI=1S/C52H32O2/c53-51-43(39-23-19-33-17-15-29-9-5-11-31-21-25-41(39)47(33)45(29)31)27-35-7-1-3-13-37(35)49(51)50-38-14-4-2-8-36(38)28-44(52(50)54)40-24-20-34-18-16-30-10-6-12-32-22-26-42(40)48(34)46(30)32/h1-25,27-28,46,53-54H,26H2. The van der Waals surface area contributed by atoms with Crippen LogP contribution in [0.5, 0.6) is 11.5 Å². The first kappa shape index (κ1) is 29.7. The van der Waals surface area contributed by atoms with Crippen molar-refractivity contribution in [1.82, 2.24) is 0 Å². The number of hydrogen-bond donors (Lipinski definition) is 2. The highest BCUT2D eigenvalue weighted by molar-refractivity contribution is 6.26. The minimum absolute atomic E-state index is 0.162. The van der Waals surface area contributed by atoms with Crippen LogP contribution in [0.2, 0.25) is 0 Å². The van der Waals surface area contributed by atoms with Gasteiger partial charge in [-0.2, -0.15) is 0 Å². The van der Waals surface area contributed by atoms with E-state index in [1.165, 1.54) is 54.8 Å². The van der Waals surface area contributed by atoms with Gasteiger partial charge in [-0.1, -0.05) is 152 Å². The number of fused-ring (bicyclic) bond motifs is 2. The summed E-state index contributed by atoms with van der Waals surface area (Å²) in [6.07, 6.45) is 14.2. The van der Waals surface area contributed by atoms with Crippen LogP contribution >= 0.6 is 0 Å². The van der Waals surface area contributed by atoms with Gasteiger partial charge in [0.05, 0.1) is 0 Å². The minimum Gasteiger partial charge on any atom is -0.507 e. The summed E-state index contributed by atoms with van der Waals surface area (Å²) in [7, 11) is 0. The molecule has 1 unspecified atom stereocenters. The molecular weight excluding hydrogens is 657 g/mol. The molecular formula is C52H32O2. The first-order chi connectivity index (χ1) is 26.6. The molecule has 9 aromatic carbocycles. The van der Waals surface area contributed by atoms with Gasteiger partial charge in [0.25, 0.3) is 0 Å². The number of phenols is 2. The van der Waals surface area contributed by atoms with E-state index in [1.54, 1.807) is 0 Å². The molecule has 0 fully saturated rings. The van der Waals surface area contributed by atoms with Crippen LogP contribution in [0.4, 0.5) is 0 Å². The van der Waals surface area contributed by atoms with Crippen LogP contribution in [0.3, 0.4) is 0 Å². The fraction of sp³-hybridized carbons (Fsp3) is 0.0385. The van der Waals surface area contributed by atoms with Crippen LogP contribution in [0.15, 0.2) is 169 Å². The van der Waals surface area contributed by atoms with Crippen molar-refractivity contribution in [3.05, 3.63) is 186 Å². The van der Waals surface area contributed by atoms with Crippen molar-refractivity contribution in [3.8, 4) is 44.9 Å². The Labute approximate surface area is 311 Å². The number of aromatic hydroxyl groups is 2. The van der Waals surface area contributed by atoms with Gasteiger partial charge in [0.2, 0.25) is 0 Å². The van der Waals surface area contributed by atoms with Crippen LogP contribution in [0.1, 0.15) is 22.6 Å². The van der Waals surface area contributed by atoms with E-state index in [4.69, 9.17) is 0 Å². The van der Waals surface area contributed by atoms with Gasteiger partial charge < -0.3 is 10.2 Å². The lowest BCUT2D eigenvalue weighted by Crippen LogP contribution is -2.18. The van der Waals surface area contributed by atoms with E-state index >= 15 is 0 Å². The molecule has 0 aliphatic heterocycles. The van der Waals surface area contributed by atoms with Gasteiger partial charge in [-0.25, -0.2) is 0 Å². The van der Waals surface area contributed by atoms with Crippen LogP contribution in [-0.4, -0.2) is 10.2 Å². The Morgan fingerprint density at radius 2 is 1.07 bits per heavy atom. The van der Waals surface area contributed by atoms with Gasteiger partial charge >= 0.3 is 0 Å². The lowest BCUT2D eigenvalue weighted by molar-refractivity contribution is 0.472. The third-order valence-electron chi connectivity index (χ3n) is 12.3. The van der Waals surface area contributed by atoms with Crippen molar-refractivity contribution in [3.63, 3.8) is 0 Å². The van der Waals surface area contributed by atoms with E-state index in [9.17, 15) is 10.2 Å². The predicted octanol–water partition coefficient (Wildman–Crippen LogP) is 13.4. The normalized spacial score (nSPS) is 15.7. The molecule has 0 saturated heterocycles. The zero-order chi connectivity index (χ0) is 35.7. The zero-order valence-electron chi connectivity index (χ0n) is 29.3. The Hall–Kier alpha value is -6.90. The lowest BCUT2D eigenvalue weighted by Gasteiger charge is -2.34. The first-order valence-corrected chi connectivity index (χ1v) is 18.7. The van der Waals surface area contributed by atoms with Gasteiger partial charge in [-0.05, 0) is 111 Å². The molecule has 2 heteroatoms. The molecule has 3 aliphatic rings. The summed E-state index contributed by atoms with van der Waals surface area (Å²) in [4.78, 5) is 0. The largest absolute Gasteiger partial charge is 0.507 e. The highest BCUT2D eigenvalue weighted by Crippen LogP contribution is 2.55. The molecule has 0 saturated carbocycles. The average Bonchev–Trinajstić information content (AvgIpc) is 3.22. The second-order valence-corrected chi connectivity index (χ2v) is 15.0. The molecule has 3 aliphatic carbocycles. The maximum absolute atomic E-state index is 12.8. The number of rotatable bonds is 3. The first-order valence-electron chi connectivity index (χ1n) is 18.7. The van der Waals surface area contributed by atoms with Gasteiger partial charge in [0.1, 0.15) is 11.5 Å². The Bertz CT molecular complexity index is 3250. The molecule has 2 N–H and O–H groups in total. The Balaban J connectivity index is 1.16. The average molecular weight is 689 g/mol. The van der Waals surface area contributed by atoms with Crippen LogP contribution in [0.25, 0.3) is 93.3 Å². The van der Waals surface area contributed by atoms with Crippen molar-refractivity contribution in [2.75, 3.05) is 0 Å². The van der Waals surface area contributed by atoms with E-state index in [2.05, 4.69) is 140 Å². The molecule has 9 aromatic rings. The minimum atomic E-state index is 0.162. The summed E-state index contributed by atoms with van der Waals surface area (Å²) in [6, 6.07) is 44.6. The number of benzene rings is 9. The van der Waals surface area contributed by atoms with E-state index in [1.807, 2.05) is 24.3 Å². The van der Waals surface area contributed by atoms with Gasteiger partial charge in [-0.15, -0.1) is 0 Å². The molecule has 0 aromatic heterocycles. The molecule has 0 bridgehead atoms. The Morgan fingerprint density at radius 3 is 1.81 bits per heavy atom. The van der Waals surface area contributed by atoms with Crippen LogP contribution in [0, 0.1) is 0 Å². The Kier molecular flexibility index (Phi) is 5.94. The summed E-state index contributed by atoms with van der Waals surface area (Å²) in [5.41, 5.74) is 11.3. The summed E-state index contributed by atoms with van der Waals surface area (Å²) >= 11 is 0. The smallest absolute Gasteiger partial charge is 0.132 e. The maximum Gasteiger partial charge on any atom is 0.132 e. The van der Waals surface area contributed by atoms with Crippen LogP contribution < -0.4 is 0 Å². The zero-order valence-corrected chi connectivity index (χ0v) is 29.3. The van der Waals surface area contributed by atoms with E-state index in [0.717, 1.165) is 55.6 Å². The van der Waals surface area contributed by atoms with Gasteiger partial charge in [0, 0.05) is 28.2 Å². The van der Waals surface area contributed by atoms with Crippen molar-refractivity contribution in [2.24, 2.45) is 0 Å². The van der Waals surface area contributed by atoms with Crippen molar-refractivity contribution < 1.29 is 10.2 Å². The second kappa shape index (κ2) is 10.8. The molecule has 0 radical (unpaired) electrons. The Morgan fingerprint density at radius 1 is 0.463 bits per heavy atom. The lowest BCUT2D eigenvalue weighted by atomic mass is 9.69. The monoisotopic (exact) mass is 688 g/mol. The molecule has 0 heterocycles. The topological polar surface area (TPSA) is 40.5 Å². The molecule has 12 rings (SSSR count). The summed E-state index contributed by atoms with van der Waals surface area (Å²) in [5.74, 6) is 0.545. The quantitative estimate of drug-likeness (QED) is 0.181.